The first-order chi connectivity index (χ1) is 13.6. The molecule has 2 N–H and O–H groups in total. The third kappa shape index (κ3) is 3.40. The van der Waals surface area contributed by atoms with Gasteiger partial charge in [0.25, 0.3) is 0 Å². The van der Waals surface area contributed by atoms with Crippen molar-refractivity contribution in [2.45, 2.75) is 6.54 Å². The molecule has 138 valence electrons. The fourth-order valence-corrected chi connectivity index (χ4v) is 3.12. The predicted molar refractivity (Wildman–Crippen MR) is 106 cm³/mol. The standard InChI is InChI=1S/C22H16FN3O2/c23-19-6-2-5-17-18(15-3-1-4-16(11-15)22(27)28)13-26-21(20(17)19)25-12-14-7-9-24-10-8-14/h1-11,13H,12H2,(H,25,26)(H,27,28). The summed E-state index contributed by atoms with van der Waals surface area (Å²) in [5.41, 5.74) is 2.51. The number of carboxylic acids is 1. The molecule has 0 amide bonds. The van der Waals surface area contributed by atoms with Gasteiger partial charge >= 0.3 is 5.97 Å². The first-order valence-electron chi connectivity index (χ1n) is 8.67. The van der Waals surface area contributed by atoms with Gasteiger partial charge in [0, 0.05) is 30.7 Å². The van der Waals surface area contributed by atoms with E-state index in [1.807, 2.05) is 12.1 Å². The first-order valence-corrected chi connectivity index (χ1v) is 8.67. The van der Waals surface area contributed by atoms with Crippen molar-refractivity contribution in [1.82, 2.24) is 9.97 Å². The Labute approximate surface area is 160 Å². The summed E-state index contributed by atoms with van der Waals surface area (Å²) in [4.78, 5) is 19.7. The Morgan fingerprint density at radius 3 is 2.64 bits per heavy atom. The summed E-state index contributed by atoms with van der Waals surface area (Å²) in [6.07, 6.45) is 5.03. The van der Waals surface area contributed by atoms with Crippen LogP contribution in [0.2, 0.25) is 0 Å². The van der Waals surface area contributed by atoms with Crippen LogP contribution in [0.3, 0.4) is 0 Å². The van der Waals surface area contributed by atoms with Gasteiger partial charge in [0.05, 0.1) is 10.9 Å². The fourth-order valence-electron chi connectivity index (χ4n) is 3.12. The van der Waals surface area contributed by atoms with Crippen molar-refractivity contribution in [2.75, 3.05) is 5.32 Å². The third-order valence-corrected chi connectivity index (χ3v) is 4.49. The number of carbonyl (C=O) groups is 1. The summed E-state index contributed by atoms with van der Waals surface area (Å²) >= 11 is 0. The van der Waals surface area contributed by atoms with Gasteiger partial charge in [-0.25, -0.2) is 14.2 Å². The molecule has 0 spiro atoms. The van der Waals surface area contributed by atoms with Crippen LogP contribution in [-0.4, -0.2) is 21.0 Å². The second kappa shape index (κ2) is 7.44. The summed E-state index contributed by atoms with van der Waals surface area (Å²) < 4.78 is 14.7. The zero-order valence-electron chi connectivity index (χ0n) is 14.8. The SMILES string of the molecule is O=C(O)c1cccc(-c2cnc(NCc3ccncc3)c3c(F)cccc23)c1. The van der Waals surface area contributed by atoms with Crippen molar-refractivity contribution < 1.29 is 14.3 Å². The van der Waals surface area contributed by atoms with Gasteiger partial charge in [-0.15, -0.1) is 0 Å². The number of nitrogens with one attached hydrogen (secondary N) is 1. The molecule has 0 saturated heterocycles. The van der Waals surface area contributed by atoms with Crippen LogP contribution in [0.15, 0.2) is 73.2 Å². The Balaban J connectivity index is 1.79. The number of fused-ring (bicyclic) bond motifs is 1. The molecular weight excluding hydrogens is 357 g/mol. The predicted octanol–water partition coefficient (Wildman–Crippen LogP) is 4.75. The molecule has 6 heteroatoms. The van der Waals surface area contributed by atoms with Gasteiger partial charge in [-0.2, -0.15) is 0 Å². The van der Waals surface area contributed by atoms with E-state index in [9.17, 15) is 14.3 Å². The molecular formula is C22H16FN3O2. The molecule has 0 fully saturated rings. The van der Waals surface area contributed by atoms with E-state index < -0.39 is 11.8 Å². The number of anilines is 1. The Hall–Kier alpha value is -3.80. The number of nitrogens with zero attached hydrogens (tertiary/aromatic N) is 2. The van der Waals surface area contributed by atoms with Crippen LogP contribution in [0.1, 0.15) is 15.9 Å². The van der Waals surface area contributed by atoms with E-state index in [1.54, 1.807) is 48.9 Å². The van der Waals surface area contributed by atoms with Crippen molar-refractivity contribution >= 4 is 22.6 Å². The zero-order chi connectivity index (χ0) is 19.5. The molecule has 28 heavy (non-hydrogen) atoms. The van der Waals surface area contributed by atoms with Crippen molar-refractivity contribution in [2.24, 2.45) is 0 Å². The van der Waals surface area contributed by atoms with Gasteiger partial charge in [0.15, 0.2) is 0 Å². The molecule has 0 aliphatic carbocycles. The topological polar surface area (TPSA) is 75.1 Å². The number of pyridine rings is 2. The highest BCUT2D eigenvalue weighted by Gasteiger charge is 2.14. The molecule has 2 heterocycles. The second-order valence-electron chi connectivity index (χ2n) is 6.28. The molecule has 0 radical (unpaired) electrons. The van der Waals surface area contributed by atoms with Crippen LogP contribution >= 0.6 is 0 Å². The smallest absolute Gasteiger partial charge is 0.335 e. The lowest BCUT2D eigenvalue weighted by atomic mass is 9.98. The van der Waals surface area contributed by atoms with E-state index >= 15 is 0 Å². The summed E-state index contributed by atoms with van der Waals surface area (Å²) in [7, 11) is 0. The van der Waals surface area contributed by atoms with E-state index in [-0.39, 0.29) is 5.56 Å². The van der Waals surface area contributed by atoms with Gasteiger partial charge in [0.2, 0.25) is 0 Å². The Bertz CT molecular complexity index is 1160. The van der Waals surface area contributed by atoms with E-state index in [0.29, 0.717) is 34.3 Å². The summed E-state index contributed by atoms with van der Waals surface area (Å²) in [5.74, 6) is -0.970. The molecule has 0 aliphatic rings. The highest BCUT2D eigenvalue weighted by atomic mass is 19.1. The molecule has 0 aliphatic heterocycles. The van der Waals surface area contributed by atoms with Crippen molar-refractivity contribution in [3.8, 4) is 11.1 Å². The normalized spacial score (nSPS) is 10.8. The number of benzene rings is 2. The fraction of sp³-hybridized carbons (Fsp3) is 0.0455. The zero-order valence-corrected chi connectivity index (χ0v) is 14.8. The van der Waals surface area contributed by atoms with Crippen molar-refractivity contribution in [3.05, 3.63) is 90.1 Å². The Kier molecular flexibility index (Phi) is 4.68. The highest BCUT2D eigenvalue weighted by Crippen LogP contribution is 2.33. The maximum Gasteiger partial charge on any atom is 0.335 e. The lowest BCUT2D eigenvalue weighted by Gasteiger charge is -2.13. The first kappa shape index (κ1) is 17.6. The van der Waals surface area contributed by atoms with Gasteiger partial charge in [-0.05, 0) is 46.8 Å². The Morgan fingerprint density at radius 1 is 1.07 bits per heavy atom. The molecule has 0 unspecified atom stereocenters. The molecule has 0 atom stereocenters. The van der Waals surface area contributed by atoms with E-state index in [4.69, 9.17) is 0 Å². The Morgan fingerprint density at radius 2 is 1.86 bits per heavy atom. The van der Waals surface area contributed by atoms with Crippen molar-refractivity contribution in [3.63, 3.8) is 0 Å². The third-order valence-electron chi connectivity index (χ3n) is 4.49. The monoisotopic (exact) mass is 373 g/mol. The van der Waals surface area contributed by atoms with E-state index in [1.165, 1.54) is 12.1 Å². The minimum Gasteiger partial charge on any atom is -0.478 e. The summed E-state index contributed by atoms with van der Waals surface area (Å²) in [5, 5.41) is 13.5. The maximum atomic E-state index is 14.7. The number of rotatable bonds is 5. The number of halogens is 1. The lowest BCUT2D eigenvalue weighted by Crippen LogP contribution is -2.03. The number of aromatic carboxylic acids is 1. The summed E-state index contributed by atoms with van der Waals surface area (Å²) in [6.45, 7) is 0.479. The number of hydrogen-bond donors (Lipinski definition) is 2. The largest absolute Gasteiger partial charge is 0.478 e. The molecule has 0 bridgehead atoms. The molecule has 4 rings (SSSR count). The van der Waals surface area contributed by atoms with Crippen LogP contribution in [0.5, 0.6) is 0 Å². The van der Waals surface area contributed by atoms with Gasteiger partial charge in [-0.3, -0.25) is 4.98 Å². The highest BCUT2D eigenvalue weighted by molar-refractivity contribution is 6.02. The van der Waals surface area contributed by atoms with Gasteiger partial charge in [0.1, 0.15) is 11.6 Å². The average Bonchev–Trinajstić information content (AvgIpc) is 2.73. The van der Waals surface area contributed by atoms with E-state index in [2.05, 4.69) is 15.3 Å². The molecule has 4 aromatic rings. The number of hydrogen-bond acceptors (Lipinski definition) is 4. The molecule has 5 nitrogen and oxygen atoms in total. The van der Waals surface area contributed by atoms with Crippen LogP contribution in [-0.2, 0) is 6.54 Å². The minimum absolute atomic E-state index is 0.168. The van der Waals surface area contributed by atoms with Crippen LogP contribution in [0, 0.1) is 5.82 Å². The molecule has 2 aromatic heterocycles. The maximum absolute atomic E-state index is 14.7. The summed E-state index contributed by atoms with van der Waals surface area (Å²) in [6, 6.07) is 15.1. The number of carboxylic acid groups (broad SMARTS) is 1. The number of aromatic nitrogens is 2. The minimum atomic E-state index is -1.01. The molecule has 2 aromatic carbocycles. The lowest BCUT2D eigenvalue weighted by molar-refractivity contribution is 0.0697. The average molecular weight is 373 g/mol. The van der Waals surface area contributed by atoms with Crippen LogP contribution in [0.25, 0.3) is 21.9 Å². The molecule has 0 saturated carbocycles. The van der Waals surface area contributed by atoms with Gasteiger partial charge < -0.3 is 10.4 Å². The van der Waals surface area contributed by atoms with Gasteiger partial charge in [-0.1, -0.05) is 24.3 Å². The second-order valence-corrected chi connectivity index (χ2v) is 6.28. The van der Waals surface area contributed by atoms with Crippen LogP contribution < -0.4 is 5.32 Å². The van der Waals surface area contributed by atoms with E-state index in [0.717, 1.165) is 5.56 Å². The quantitative estimate of drug-likeness (QED) is 0.528. The van der Waals surface area contributed by atoms with Crippen LogP contribution in [0.4, 0.5) is 10.2 Å². The van der Waals surface area contributed by atoms with Crippen molar-refractivity contribution in [1.29, 1.82) is 0 Å².